The van der Waals surface area contributed by atoms with Crippen LogP contribution in [0.4, 0.5) is 0 Å². The quantitative estimate of drug-likeness (QED) is 0.717. The molecule has 25 heavy (non-hydrogen) atoms. The summed E-state index contributed by atoms with van der Waals surface area (Å²) in [5.74, 6) is 0.146. The van der Waals surface area contributed by atoms with Gasteiger partial charge in [0.05, 0.1) is 0 Å². The van der Waals surface area contributed by atoms with Crippen molar-refractivity contribution < 1.29 is 4.79 Å². The number of nitrogens with one attached hydrogen (secondary N) is 1. The van der Waals surface area contributed by atoms with Crippen molar-refractivity contribution in [1.29, 1.82) is 0 Å². The van der Waals surface area contributed by atoms with Crippen LogP contribution in [0.2, 0.25) is 0 Å². The molecule has 4 rings (SSSR count). The van der Waals surface area contributed by atoms with Gasteiger partial charge < -0.3 is 4.98 Å². The molecule has 124 valence electrons. The molecule has 0 amide bonds. The number of benzene rings is 2. The zero-order valence-corrected chi connectivity index (χ0v) is 14.2. The van der Waals surface area contributed by atoms with E-state index in [2.05, 4.69) is 16.0 Å². The number of hydrogen-bond acceptors (Lipinski definition) is 2. The minimum Gasteiger partial charge on any atom is -0.361 e. The number of Topliss-reactive ketones (excluding diaryl/α,β-unsaturated/α-hetero) is 1. The van der Waals surface area contributed by atoms with Crippen molar-refractivity contribution in [3.05, 3.63) is 83.1 Å². The number of aromatic amines is 1. The van der Waals surface area contributed by atoms with Crippen LogP contribution in [0.15, 0.2) is 71.9 Å². The van der Waals surface area contributed by atoms with Crippen LogP contribution in [0.25, 0.3) is 23.1 Å². The Balaban J connectivity index is 1.72. The fourth-order valence-electron chi connectivity index (χ4n) is 3.36. The third-order valence-electron chi connectivity index (χ3n) is 4.56. The molecular formula is C22H20N2O. The molecule has 0 aliphatic carbocycles. The van der Waals surface area contributed by atoms with Crippen molar-refractivity contribution in [3.63, 3.8) is 0 Å². The van der Waals surface area contributed by atoms with E-state index in [1.165, 1.54) is 0 Å². The molecular weight excluding hydrogens is 308 g/mol. The van der Waals surface area contributed by atoms with Crippen molar-refractivity contribution in [2.75, 3.05) is 20.1 Å². The molecule has 0 radical (unpaired) electrons. The van der Waals surface area contributed by atoms with Gasteiger partial charge in [-0.3, -0.25) is 9.69 Å². The lowest BCUT2D eigenvalue weighted by atomic mass is 9.94. The molecule has 0 atom stereocenters. The lowest BCUT2D eigenvalue weighted by molar-refractivity contribution is -0.113. The Morgan fingerprint density at radius 3 is 2.40 bits per heavy atom. The summed E-state index contributed by atoms with van der Waals surface area (Å²) in [5, 5.41) is 1.14. The van der Waals surface area contributed by atoms with Crippen molar-refractivity contribution in [1.82, 2.24) is 9.88 Å². The average Bonchev–Trinajstić information content (AvgIpc) is 3.03. The van der Waals surface area contributed by atoms with E-state index in [4.69, 9.17) is 0 Å². The van der Waals surface area contributed by atoms with Crippen LogP contribution in [0.1, 0.15) is 11.1 Å². The third kappa shape index (κ3) is 3.19. The first-order valence-corrected chi connectivity index (χ1v) is 8.46. The van der Waals surface area contributed by atoms with Gasteiger partial charge in [-0.05, 0) is 30.8 Å². The Hall–Kier alpha value is -2.91. The Morgan fingerprint density at radius 2 is 1.60 bits per heavy atom. The second-order valence-electron chi connectivity index (χ2n) is 6.54. The minimum absolute atomic E-state index is 0.146. The van der Waals surface area contributed by atoms with E-state index in [-0.39, 0.29) is 5.78 Å². The number of fused-ring (bicyclic) bond motifs is 1. The van der Waals surface area contributed by atoms with Crippen LogP contribution in [0, 0.1) is 0 Å². The Kier molecular flexibility index (Phi) is 4.08. The highest BCUT2D eigenvalue weighted by molar-refractivity contribution is 6.15. The van der Waals surface area contributed by atoms with Gasteiger partial charge in [-0.2, -0.15) is 0 Å². The summed E-state index contributed by atoms with van der Waals surface area (Å²) >= 11 is 0. The van der Waals surface area contributed by atoms with Gasteiger partial charge >= 0.3 is 0 Å². The number of rotatable bonds is 2. The first-order chi connectivity index (χ1) is 12.2. The van der Waals surface area contributed by atoms with Gasteiger partial charge in [-0.25, -0.2) is 0 Å². The molecule has 1 saturated heterocycles. The number of carbonyl (C=O) groups excluding carboxylic acids is 1. The zero-order chi connectivity index (χ0) is 17.2. The average molecular weight is 328 g/mol. The molecule has 0 spiro atoms. The maximum Gasteiger partial charge on any atom is 0.187 e. The monoisotopic (exact) mass is 328 g/mol. The predicted molar refractivity (Wildman–Crippen MR) is 103 cm³/mol. The number of piperidine rings is 1. The molecule has 1 N–H and O–H groups in total. The number of H-pyrrole nitrogens is 1. The molecule has 1 aromatic heterocycles. The summed E-state index contributed by atoms with van der Waals surface area (Å²) < 4.78 is 0. The number of carbonyl (C=O) groups is 1. The van der Waals surface area contributed by atoms with Crippen LogP contribution in [-0.4, -0.2) is 35.8 Å². The van der Waals surface area contributed by atoms with Crippen molar-refractivity contribution in [2.24, 2.45) is 0 Å². The topological polar surface area (TPSA) is 36.1 Å². The zero-order valence-electron chi connectivity index (χ0n) is 14.2. The predicted octanol–water partition coefficient (Wildman–Crippen LogP) is 4.15. The first kappa shape index (κ1) is 15.6. The van der Waals surface area contributed by atoms with E-state index < -0.39 is 0 Å². The summed E-state index contributed by atoms with van der Waals surface area (Å²) in [4.78, 5) is 18.4. The summed E-state index contributed by atoms with van der Waals surface area (Å²) in [6.45, 7) is 1.35. The van der Waals surface area contributed by atoms with Gasteiger partial charge in [0.2, 0.25) is 0 Å². The van der Waals surface area contributed by atoms with Gasteiger partial charge in [-0.15, -0.1) is 0 Å². The van der Waals surface area contributed by atoms with Gasteiger partial charge in [0.1, 0.15) is 0 Å². The Labute approximate surface area is 147 Å². The molecule has 3 aromatic rings. The lowest BCUT2D eigenvalue weighted by Crippen LogP contribution is -2.34. The molecule has 2 heterocycles. The van der Waals surface area contributed by atoms with E-state index in [0.717, 1.165) is 33.2 Å². The number of ketones is 1. The SMILES string of the molecule is CN1C/C(=C\c2ccccc2)C(=O)/C(=C/c2c[nH]c3ccccc23)C1. The van der Waals surface area contributed by atoms with E-state index in [9.17, 15) is 4.79 Å². The highest BCUT2D eigenvalue weighted by atomic mass is 16.1. The smallest absolute Gasteiger partial charge is 0.187 e. The summed E-state index contributed by atoms with van der Waals surface area (Å²) in [6, 6.07) is 18.2. The molecule has 2 aromatic carbocycles. The molecule has 0 bridgehead atoms. The highest BCUT2D eigenvalue weighted by Gasteiger charge is 2.24. The van der Waals surface area contributed by atoms with Gasteiger partial charge in [-0.1, -0.05) is 48.5 Å². The molecule has 0 unspecified atom stereocenters. The number of aromatic nitrogens is 1. The third-order valence-corrected chi connectivity index (χ3v) is 4.56. The molecule has 1 aliphatic heterocycles. The lowest BCUT2D eigenvalue weighted by Gasteiger charge is -2.26. The van der Waals surface area contributed by atoms with Crippen molar-refractivity contribution >= 4 is 28.8 Å². The van der Waals surface area contributed by atoms with Crippen LogP contribution in [-0.2, 0) is 4.79 Å². The number of para-hydroxylation sites is 1. The standard InChI is InChI=1S/C22H20N2O/c1-24-14-18(11-16-7-3-2-4-8-16)22(25)19(15-24)12-17-13-23-21-10-6-5-9-20(17)21/h2-13,23H,14-15H2,1H3/b18-11+,19-12+. The van der Waals surface area contributed by atoms with Gasteiger partial charge in [0.15, 0.2) is 5.78 Å². The Bertz CT molecular complexity index is 979. The molecule has 0 saturated carbocycles. The van der Waals surface area contributed by atoms with E-state index in [1.807, 2.05) is 73.9 Å². The highest BCUT2D eigenvalue weighted by Crippen LogP contribution is 2.24. The van der Waals surface area contributed by atoms with Crippen LogP contribution >= 0.6 is 0 Å². The molecule has 3 nitrogen and oxygen atoms in total. The summed E-state index contributed by atoms with van der Waals surface area (Å²) in [7, 11) is 2.05. The van der Waals surface area contributed by atoms with E-state index in [0.29, 0.717) is 13.1 Å². The second kappa shape index (κ2) is 6.54. The van der Waals surface area contributed by atoms with Crippen molar-refractivity contribution in [3.8, 4) is 0 Å². The number of likely N-dealkylation sites (tertiary alicyclic amines) is 1. The fourth-order valence-corrected chi connectivity index (χ4v) is 3.36. The summed E-state index contributed by atoms with van der Waals surface area (Å²) in [5.41, 5.74) is 4.89. The first-order valence-electron chi connectivity index (χ1n) is 8.46. The van der Waals surface area contributed by atoms with E-state index in [1.54, 1.807) is 0 Å². The van der Waals surface area contributed by atoms with Crippen molar-refractivity contribution in [2.45, 2.75) is 0 Å². The van der Waals surface area contributed by atoms with Gasteiger partial charge in [0, 0.05) is 46.9 Å². The fraction of sp³-hybridized carbons (Fsp3) is 0.136. The number of nitrogens with zero attached hydrogens (tertiary/aromatic N) is 1. The van der Waals surface area contributed by atoms with Crippen LogP contribution < -0.4 is 0 Å². The number of likely N-dealkylation sites (N-methyl/N-ethyl adjacent to an activating group) is 1. The maximum absolute atomic E-state index is 13.0. The van der Waals surface area contributed by atoms with Gasteiger partial charge in [0.25, 0.3) is 0 Å². The Morgan fingerprint density at radius 1 is 0.920 bits per heavy atom. The normalized spacial score (nSPS) is 19.2. The summed E-state index contributed by atoms with van der Waals surface area (Å²) in [6.07, 6.45) is 6.00. The van der Waals surface area contributed by atoms with Crippen LogP contribution in [0.5, 0.6) is 0 Å². The second-order valence-corrected chi connectivity index (χ2v) is 6.54. The molecule has 1 aliphatic rings. The van der Waals surface area contributed by atoms with Crippen LogP contribution in [0.3, 0.4) is 0 Å². The minimum atomic E-state index is 0.146. The number of hydrogen-bond donors (Lipinski definition) is 1. The molecule has 3 heteroatoms. The molecule has 1 fully saturated rings. The van der Waals surface area contributed by atoms with E-state index >= 15 is 0 Å². The largest absolute Gasteiger partial charge is 0.361 e. The maximum atomic E-state index is 13.0.